The Hall–Kier alpha value is -0.990. The van der Waals surface area contributed by atoms with Gasteiger partial charge in [-0.05, 0) is 13.1 Å². The molecule has 0 rings (SSSR count). The molecule has 0 heterocycles. The Balaban J connectivity index is 3.57. The van der Waals surface area contributed by atoms with Crippen molar-refractivity contribution in [2.45, 2.75) is 26.2 Å². The lowest BCUT2D eigenvalue weighted by molar-refractivity contribution is -0.126. The molecule has 0 fully saturated rings. The highest BCUT2D eigenvalue weighted by molar-refractivity contribution is 5.99. The van der Waals surface area contributed by atoms with Gasteiger partial charge in [-0.2, -0.15) is 0 Å². The van der Waals surface area contributed by atoms with E-state index in [2.05, 4.69) is 11.7 Å². The van der Waals surface area contributed by atoms with Gasteiger partial charge < -0.3 is 0 Å². The minimum absolute atomic E-state index is 0.0556. The Morgan fingerprint density at radius 3 is 2.50 bits per heavy atom. The van der Waals surface area contributed by atoms with E-state index in [4.69, 9.17) is 0 Å². The quantitative estimate of drug-likeness (QED) is 0.432. The molecule has 0 aromatic carbocycles. The number of rotatable bonds is 4. The third-order valence-electron chi connectivity index (χ3n) is 1.05. The number of aliphatic imine (C=N–C) groups is 1. The number of hydrogen-bond acceptors (Lipinski definition) is 2. The number of amides is 1. The third-order valence-corrected chi connectivity index (χ3v) is 1.05. The van der Waals surface area contributed by atoms with Crippen LogP contribution in [0.1, 0.15) is 26.2 Å². The second kappa shape index (κ2) is 4.85. The largest absolute Gasteiger partial charge is 0.299 e. The predicted molar refractivity (Wildman–Crippen MR) is 39.1 cm³/mol. The molecule has 10 heavy (non-hydrogen) atoms. The maximum atomic E-state index is 10.7. The van der Waals surface area contributed by atoms with Crippen LogP contribution in [0.25, 0.3) is 0 Å². The van der Waals surface area contributed by atoms with Gasteiger partial charge in [-0.3, -0.25) is 9.59 Å². The van der Waals surface area contributed by atoms with Crippen molar-refractivity contribution in [2.75, 3.05) is 0 Å². The zero-order valence-electron chi connectivity index (χ0n) is 6.09. The number of hydrogen-bond donors (Lipinski definition) is 0. The van der Waals surface area contributed by atoms with E-state index in [1.54, 1.807) is 0 Å². The summed E-state index contributed by atoms with van der Waals surface area (Å²) in [5.41, 5.74) is 0. The van der Waals surface area contributed by atoms with E-state index in [0.29, 0.717) is 6.42 Å². The SMILES string of the molecule is C=NC(=O)CC(=O)CCC. The standard InChI is InChI=1S/C7H11NO2/c1-3-4-6(9)5-7(10)8-2/h2-5H2,1H3. The molecule has 0 spiro atoms. The lowest BCUT2D eigenvalue weighted by atomic mass is 10.2. The van der Waals surface area contributed by atoms with Crippen LogP contribution in [0, 0.1) is 0 Å². The summed E-state index contributed by atoms with van der Waals surface area (Å²) in [6, 6.07) is 0. The molecule has 0 aliphatic carbocycles. The second-order valence-corrected chi connectivity index (χ2v) is 2.02. The molecule has 56 valence electrons. The smallest absolute Gasteiger partial charge is 0.252 e. The van der Waals surface area contributed by atoms with Crippen LogP contribution in [0.5, 0.6) is 0 Å². The van der Waals surface area contributed by atoms with Gasteiger partial charge in [0.2, 0.25) is 0 Å². The van der Waals surface area contributed by atoms with Crippen LogP contribution in [0.3, 0.4) is 0 Å². The minimum atomic E-state index is -0.432. The summed E-state index contributed by atoms with van der Waals surface area (Å²) in [7, 11) is 0. The van der Waals surface area contributed by atoms with Crippen LogP contribution in [0.4, 0.5) is 0 Å². The molecule has 0 aliphatic rings. The van der Waals surface area contributed by atoms with Crippen molar-refractivity contribution >= 4 is 18.4 Å². The van der Waals surface area contributed by atoms with E-state index < -0.39 is 5.91 Å². The van der Waals surface area contributed by atoms with E-state index in [-0.39, 0.29) is 12.2 Å². The summed E-state index contributed by atoms with van der Waals surface area (Å²) < 4.78 is 0. The van der Waals surface area contributed by atoms with Gasteiger partial charge in [0.15, 0.2) is 0 Å². The molecule has 0 aromatic heterocycles. The first-order valence-corrected chi connectivity index (χ1v) is 3.22. The molecule has 0 bridgehead atoms. The third kappa shape index (κ3) is 3.95. The molecule has 0 saturated heterocycles. The topological polar surface area (TPSA) is 46.5 Å². The van der Waals surface area contributed by atoms with Gasteiger partial charge in [-0.25, -0.2) is 4.99 Å². The minimum Gasteiger partial charge on any atom is -0.299 e. The zero-order valence-corrected chi connectivity index (χ0v) is 6.09. The van der Waals surface area contributed by atoms with Gasteiger partial charge in [0, 0.05) is 6.42 Å². The second-order valence-electron chi connectivity index (χ2n) is 2.02. The van der Waals surface area contributed by atoms with Gasteiger partial charge in [-0.15, -0.1) is 0 Å². The summed E-state index contributed by atoms with van der Waals surface area (Å²) >= 11 is 0. The normalized spacial score (nSPS) is 8.90. The molecule has 0 unspecified atom stereocenters. The summed E-state index contributed by atoms with van der Waals surface area (Å²) in [6.07, 6.45) is 1.15. The van der Waals surface area contributed by atoms with Crippen molar-refractivity contribution in [1.29, 1.82) is 0 Å². The lowest BCUT2D eigenvalue weighted by Crippen LogP contribution is -2.03. The Bertz CT molecular complexity index is 152. The number of carbonyl (C=O) groups is 2. The molecule has 3 heteroatoms. The molecule has 0 aliphatic heterocycles. The molecule has 0 atom stereocenters. The van der Waals surface area contributed by atoms with Crippen molar-refractivity contribution in [2.24, 2.45) is 4.99 Å². The van der Waals surface area contributed by atoms with Gasteiger partial charge >= 0.3 is 0 Å². The van der Waals surface area contributed by atoms with Crippen LogP contribution < -0.4 is 0 Å². The first-order valence-electron chi connectivity index (χ1n) is 3.22. The Morgan fingerprint density at radius 1 is 1.50 bits per heavy atom. The maximum absolute atomic E-state index is 10.7. The molecule has 3 nitrogen and oxygen atoms in total. The van der Waals surface area contributed by atoms with Gasteiger partial charge in [0.1, 0.15) is 5.78 Å². The molecule has 0 aromatic rings. The Kier molecular flexibility index (Phi) is 4.37. The van der Waals surface area contributed by atoms with Gasteiger partial charge in [0.25, 0.3) is 5.91 Å². The molecule has 0 radical (unpaired) electrons. The molecular formula is C7H11NO2. The predicted octanol–water partition coefficient (Wildman–Crippen LogP) is 0.973. The van der Waals surface area contributed by atoms with Gasteiger partial charge in [0.05, 0.1) is 6.42 Å². The van der Waals surface area contributed by atoms with Crippen LogP contribution >= 0.6 is 0 Å². The van der Waals surface area contributed by atoms with E-state index in [0.717, 1.165) is 6.42 Å². The fourth-order valence-electron chi connectivity index (χ4n) is 0.592. The van der Waals surface area contributed by atoms with Crippen molar-refractivity contribution in [3.05, 3.63) is 0 Å². The first-order chi connectivity index (χ1) is 4.70. The Morgan fingerprint density at radius 2 is 2.10 bits per heavy atom. The highest BCUT2D eigenvalue weighted by Gasteiger charge is 2.04. The number of carbonyl (C=O) groups excluding carboxylic acids is 2. The van der Waals surface area contributed by atoms with Crippen LogP contribution in [-0.4, -0.2) is 18.4 Å². The Labute approximate surface area is 60.1 Å². The first kappa shape index (κ1) is 9.01. The maximum Gasteiger partial charge on any atom is 0.252 e. The fraction of sp³-hybridized carbons (Fsp3) is 0.571. The summed E-state index contributed by atoms with van der Waals surface area (Å²) in [5.74, 6) is -0.488. The molecule has 0 saturated carbocycles. The number of ketones is 1. The van der Waals surface area contributed by atoms with Crippen molar-refractivity contribution < 1.29 is 9.59 Å². The summed E-state index contributed by atoms with van der Waals surface area (Å²) in [5, 5.41) is 0. The van der Waals surface area contributed by atoms with Crippen LogP contribution in [0.15, 0.2) is 4.99 Å². The van der Waals surface area contributed by atoms with Gasteiger partial charge in [-0.1, -0.05) is 6.92 Å². The number of Topliss-reactive ketones (excluding diaryl/α,β-unsaturated/α-hetero) is 1. The van der Waals surface area contributed by atoms with Crippen molar-refractivity contribution in [3.8, 4) is 0 Å². The fourth-order valence-corrected chi connectivity index (χ4v) is 0.592. The summed E-state index contributed by atoms with van der Waals surface area (Å²) in [4.78, 5) is 24.3. The highest BCUT2D eigenvalue weighted by atomic mass is 16.2. The highest BCUT2D eigenvalue weighted by Crippen LogP contribution is 1.94. The molecule has 0 N–H and O–H groups in total. The van der Waals surface area contributed by atoms with E-state index in [9.17, 15) is 9.59 Å². The lowest BCUT2D eigenvalue weighted by Gasteiger charge is -1.91. The number of nitrogens with zero attached hydrogens (tertiary/aromatic N) is 1. The van der Waals surface area contributed by atoms with Crippen molar-refractivity contribution in [1.82, 2.24) is 0 Å². The average Bonchev–Trinajstić information content (AvgIpc) is 1.88. The van der Waals surface area contributed by atoms with Crippen LogP contribution in [-0.2, 0) is 9.59 Å². The molecular weight excluding hydrogens is 130 g/mol. The molecule has 1 amide bonds. The summed E-state index contributed by atoms with van der Waals surface area (Å²) in [6.45, 7) is 4.91. The van der Waals surface area contributed by atoms with E-state index in [1.807, 2.05) is 6.92 Å². The van der Waals surface area contributed by atoms with E-state index >= 15 is 0 Å². The average molecular weight is 141 g/mol. The monoisotopic (exact) mass is 141 g/mol. The van der Waals surface area contributed by atoms with Crippen molar-refractivity contribution in [3.63, 3.8) is 0 Å². The van der Waals surface area contributed by atoms with Crippen LogP contribution in [0.2, 0.25) is 0 Å². The zero-order chi connectivity index (χ0) is 7.98. The van der Waals surface area contributed by atoms with E-state index in [1.165, 1.54) is 0 Å².